The summed E-state index contributed by atoms with van der Waals surface area (Å²) in [6.45, 7) is 1.88. The van der Waals surface area contributed by atoms with Gasteiger partial charge in [0.05, 0.1) is 5.69 Å². The van der Waals surface area contributed by atoms with E-state index in [0.29, 0.717) is 0 Å². The minimum atomic E-state index is 0.103. The van der Waals surface area contributed by atoms with E-state index in [2.05, 4.69) is 27.6 Å². The zero-order valence-corrected chi connectivity index (χ0v) is 12.6. The van der Waals surface area contributed by atoms with Gasteiger partial charge in [0, 0.05) is 20.0 Å². The summed E-state index contributed by atoms with van der Waals surface area (Å²) in [5.41, 5.74) is 3.69. The lowest BCUT2D eigenvalue weighted by Crippen LogP contribution is -2.09. The second kappa shape index (κ2) is 4.81. The zero-order chi connectivity index (χ0) is 13.4. The predicted octanol–water partition coefficient (Wildman–Crippen LogP) is 4.11. The molecule has 19 heavy (non-hydrogen) atoms. The number of aromatic nitrogens is 1. The first kappa shape index (κ1) is 12.4. The number of benzene rings is 2. The van der Waals surface area contributed by atoms with Crippen LogP contribution in [0.2, 0.25) is 0 Å². The van der Waals surface area contributed by atoms with Crippen molar-refractivity contribution < 1.29 is 0 Å². The van der Waals surface area contributed by atoms with Crippen molar-refractivity contribution in [2.45, 2.75) is 6.92 Å². The van der Waals surface area contributed by atoms with Crippen molar-refractivity contribution in [3.05, 3.63) is 67.9 Å². The van der Waals surface area contributed by atoms with E-state index in [0.717, 1.165) is 31.3 Å². The molecule has 1 aromatic heterocycles. The highest BCUT2D eigenvalue weighted by molar-refractivity contribution is 14.1. The van der Waals surface area contributed by atoms with Crippen LogP contribution in [-0.4, -0.2) is 4.98 Å². The third-order valence-corrected chi connectivity index (χ3v) is 3.93. The van der Waals surface area contributed by atoms with Gasteiger partial charge in [0.1, 0.15) is 0 Å². The highest BCUT2D eigenvalue weighted by Crippen LogP contribution is 2.22. The van der Waals surface area contributed by atoms with Gasteiger partial charge in [-0.15, -0.1) is 0 Å². The lowest BCUT2D eigenvalue weighted by molar-refractivity contribution is 1.30. The molecule has 0 spiro atoms. The number of fused-ring (bicyclic) bond motifs is 1. The molecule has 0 saturated heterocycles. The second-order valence-corrected chi connectivity index (χ2v) is 5.76. The van der Waals surface area contributed by atoms with Crippen LogP contribution in [0, 0.1) is 10.5 Å². The highest BCUT2D eigenvalue weighted by atomic mass is 127. The molecule has 0 saturated carbocycles. The molecule has 1 heterocycles. The first-order chi connectivity index (χ1) is 9.16. The Kier molecular flexibility index (Phi) is 3.14. The number of halogens is 1. The van der Waals surface area contributed by atoms with Crippen molar-refractivity contribution in [1.29, 1.82) is 0 Å². The van der Waals surface area contributed by atoms with Crippen molar-refractivity contribution in [2.75, 3.05) is 0 Å². The largest absolute Gasteiger partial charge is 0.354 e. The molecule has 94 valence electrons. The van der Waals surface area contributed by atoms with Crippen LogP contribution in [0.5, 0.6) is 0 Å². The van der Waals surface area contributed by atoms with E-state index in [-0.39, 0.29) is 5.43 Å². The molecule has 0 unspecified atom stereocenters. The van der Waals surface area contributed by atoms with E-state index in [9.17, 15) is 4.79 Å². The molecule has 0 aliphatic rings. The van der Waals surface area contributed by atoms with Crippen LogP contribution in [-0.2, 0) is 0 Å². The zero-order valence-electron chi connectivity index (χ0n) is 10.4. The van der Waals surface area contributed by atoms with Crippen LogP contribution in [0.25, 0.3) is 22.2 Å². The molecule has 0 atom stereocenters. The van der Waals surface area contributed by atoms with Crippen LogP contribution in [0.1, 0.15) is 5.56 Å². The van der Waals surface area contributed by atoms with Gasteiger partial charge >= 0.3 is 0 Å². The van der Waals surface area contributed by atoms with Gasteiger partial charge in [0.15, 0.2) is 5.43 Å². The van der Waals surface area contributed by atoms with Gasteiger partial charge in [-0.2, -0.15) is 0 Å². The Labute approximate surface area is 124 Å². The SMILES string of the molecule is Cc1c(-c2ccccc2)[nH]c2ccc(I)cc2c1=O. The summed E-state index contributed by atoms with van der Waals surface area (Å²) in [4.78, 5) is 15.8. The average molecular weight is 361 g/mol. The number of pyridine rings is 1. The van der Waals surface area contributed by atoms with Gasteiger partial charge in [0.25, 0.3) is 0 Å². The molecule has 0 aliphatic heterocycles. The Morgan fingerprint density at radius 2 is 1.79 bits per heavy atom. The lowest BCUT2D eigenvalue weighted by Gasteiger charge is -2.08. The fourth-order valence-corrected chi connectivity index (χ4v) is 2.74. The molecule has 0 aliphatic carbocycles. The number of rotatable bonds is 1. The molecule has 3 aromatic rings. The molecule has 0 amide bonds. The maximum atomic E-state index is 12.5. The van der Waals surface area contributed by atoms with Crippen molar-refractivity contribution in [3.63, 3.8) is 0 Å². The van der Waals surface area contributed by atoms with E-state index in [1.54, 1.807) is 0 Å². The van der Waals surface area contributed by atoms with Gasteiger partial charge in [-0.1, -0.05) is 30.3 Å². The summed E-state index contributed by atoms with van der Waals surface area (Å²) in [5.74, 6) is 0. The van der Waals surface area contributed by atoms with E-state index in [1.807, 2.05) is 55.5 Å². The third-order valence-electron chi connectivity index (χ3n) is 3.26. The van der Waals surface area contributed by atoms with E-state index < -0.39 is 0 Å². The van der Waals surface area contributed by atoms with E-state index in [4.69, 9.17) is 0 Å². The molecule has 1 N–H and O–H groups in total. The van der Waals surface area contributed by atoms with E-state index in [1.165, 1.54) is 0 Å². The fourth-order valence-electron chi connectivity index (χ4n) is 2.25. The van der Waals surface area contributed by atoms with Crippen LogP contribution in [0.3, 0.4) is 0 Å². The standard InChI is InChI=1S/C16H12INO/c1-10-15(11-5-3-2-4-6-11)18-14-8-7-12(17)9-13(14)16(10)19/h2-9H,1H3,(H,18,19). The monoisotopic (exact) mass is 361 g/mol. The first-order valence-electron chi connectivity index (χ1n) is 6.04. The van der Waals surface area contributed by atoms with Gasteiger partial charge in [-0.25, -0.2) is 0 Å². The summed E-state index contributed by atoms with van der Waals surface area (Å²) in [6.07, 6.45) is 0. The molecule has 2 nitrogen and oxygen atoms in total. The molecule has 0 fully saturated rings. The summed E-state index contributed by atoms with van der Waals surface area (Å²) in [6, 6.07) is 15.8. The summed E-state index contributed by atoms with van der Waals surface area (Å²) in [5, 5.41) is 0.754. The number of aromatic amines is 1. The van der Waals surface area contributed by atoms with Crippen molar-refractivity contribution >= 4 is 33.5 Å². The Bertz CT molecular complexity index is 806. The Hall–Kier alpha value is -1.62. The molecule has 3 rings (SSSR count). The van der Waals surface area contributed by atoms with Crippen molar-refractivity contribution in [3.8, 4) is 11.3 Å². The number of hydrogen-bond donors (Lipinski definition) is 1. The maximum absolute atomic E-state index is 12.5. The molecule has 3 heteroatoms. The lowest BCUT2D eigenvalue weighted by atomic mass is 10.0. The topological polar surface area (TPSA) is 32.9 Å². The van der Waals surface area contributed by atoms with Crippen molar-refractivity contribution in [1.82, 2.24) is 4.98 Å². The molecular weight excluding hydrogens is 349 g/mol. The van der Waals surface area contributed by atoms with Crippen molar-refractivity contribution in [2.24, 2.45) is 0 Å². The maximum Gasteiger partial charge on any atom is 0.192 e. The Morgan fingerprint density at radius 3 is 2.53 bits per heavy atom. The quantitative estimate of drug-likeness (QED) is 0.651. The van der Waals surface area contributed by atoms with Crippen LogP contribution < -0.4 is 5.43 Å². The second-order valence-electron chi connectivity index (χ2n) is 4.51. The predicted molar refractivity (Wildman–Crippen MR) is 87.5 cm³/mol. The highest BCUT2D eigenvalue weighted by Gasteiger charge is 2.09. The first-order valence-corrected chi connectivity index (χ1v) is 7.12. The van der Waals surface area contributed by atoms with Gasteiger partial charge in [-0.05, 0) is 53.3 Å². The fraction of sp³-hybridized carbons (Fsp3) is 0.0625. The minimum absolute atomic E-state index is 0.103. The van der Waals surface area contributed by atoms with Crippen LogP contribution in [0.15, 0.2) is 53.3 Å². The van der Waals surface area contributed by atoms with Gasteiger partial charge < -0.3 is 4.98 Å². The van der Waals surface area contributed by atoms with Gasteiger partial charge in [-0.3, -0.25) is 4.79 Å². The van der Waals surface area contributed by atoms with Crippen LogP contribution in [0.4, 0.5) is 0 Å². The molecule has 0 bridgehead atoms. The van der Waals surface area contributed by atoms with E-state index >= 15 is 0 Å². The Balaban J connectivity index is 2.37. The minimum Gasteiger partial charge on any atom is -0.354 e. The van der Waals surface area contributed by atoms with Crippen LogP contribution >= 0.6 is 22.6 Å². The average Bonchev–Trinajstić information content (AvgIpc) is 2.44. The molecule has 2 aromatic carbocycles. The summed E-state index contributed by atoms with van der Waals surface area (Å²) < 4.78 is 1.07. The number of H-pyrrole nitrogens is 1. The smallest absolute Gasteiger partial charge is 0.192 e. The number of hydrogen-bond acceptors (Lipinski definition) is 1. The Morgan fingerprint density at radius 1 is 1.05 bits per heavy atom. The third kappa shape index (κ3) is 2.18. The normalized spacial score (nSPS) is 10.8. The summed E-state index contributed by atoms with van der Waals surface area (Å²) in [7, 11) is 0. The molecular formula is C16H12INO. The molecule has 0 radical (unpaired) electrons. The summed E-state index contributed by atoms with van der Waals surface area (Å²) >= 11 is 2.22. The van der Waals surface area contributed by atoms with Gasteiger partial charge in [0.2, 0.25) is 0 Å². The number of nitrogens with one attached hydrogen (secondary N) is 1.